The quantitative estimate of drug-likeness (QED) is 0.785. The van der Waals surface area contributed by atoms with Gasteiger partial charge in [-0.15, -0.1) is 0 Å². The number of rotatable bonds is 7. The Labute approximate surface area is 144 Å². The zero-order valence-electron chi connectivity index (χ0n) is 14.8. The standard InChI is InChI=1S/C18H29N3O3/c1-14(12-24-13-15-7-5-4-6-8-15)9-19-18(23)21-10-16(20(2)3)17(22)11-21/h4-8,14,16-17,22H,9-13H2,1-3H3,(H,19,23)/t14-,16-,17-/m0/s1. The number of hydrogen-bond donors (Lipinski definition) is 2. The number of likely N-dealkylation sites (N-methyl/N-ethyl adjacent to an activating group) is 1. The molecule has 0 saturated carbocycles. The van der Waals surface area contributed by atoms with Crippen molar-refractivity contribution in [2.45, 2.75) is 25.7 Å². The first-order valence-electron chi connectivity index (χ1n) is 8.46. The highest BCUT2D eigenvalue weighted by Crippen LogP contribution is 2.14. The summed E-state index contributed by atoms with van der Waals surface area (Å²) in [6, 6.07) is 9.92. The van der Waals surface area contributed by atoms with Gasteiger partial charge in [0, 0.05) is 19.6 Å². The molecule has 1 heterocycles. The van der Waals surface area contributed by atoms with Crippen LogP contribution >= 0.6 is 0 Å². The number of hydrogen-bond acceptors (Lipinski definition) is 4. The van der Waals surface area contributed by atoms with Crippen molar-refractivity contribution < 1.29 is 14.6 Å². The number of aliphatic hydroxyl groups excluding tert-OH is 1. The van der Waals surface area contributed by atoms with Gasteiger partial charge in [0.2, 0.25) is 0 Å². The lowest BCUT2D eigenvalue weighted by Crippen LogP contribution is -2.42. The maximum absolute atomic E-state index is 12.2. The molecular weight excluding hydrogens is 306 g/mol. The normalized spacial score (nSPS) is 22.0. The van der Waals surface area contributed by atoms with Crippen LogP contribution in [0, 0.1) is 5.92 Å². The number of carbonyl (C=O) groups excluding carboxylic acids is 1. The van der Waals surface area contributed by atoms with E-state index in [0.717, 1.165) is 5.56 Å². The van der Waals surface area contributed by atoms with Gasteiger partial charge in [-0.05, 0) is 25.6 Å². The molecule has 2 amide bonds. The van der Waals surface area contributed by atoms with Gasteiger partial charge >= 0.3 is 6.03 Å². The summed E-state index contributed by atoms with van der Waals surface area (Å²) in [7, 11) is 3.84. The minimum atomic E-state index is -0.489. The molecular formula is C18H29N3O3. The van der Waals surface area contributed by atoms with Crippen molar-refractivity contribution in [2.75, 3.05) is 40.3 Å². The third-order valence-corrected chi connectivity index (χ3v) is 4.33. The maximum Gasteiger partial charge on any atom is 0.317 e. The van der Waals surface area contributed by atoms with Crippen LogP contribution in [-0.4, -0.2) is 73.4 Å². The second-order valence-electron chi connectivity index (χ2n) is 6.80. The SMILES string of the molecule is C[C@@H](CNC(=O)N1C[C@H](O)[C@@H](N(C)C)C1)COCc1ccccc1. The van der Waals surface area contributed by atoms with Crippen molar-refractivity contribution >= 4 is 6.03 Å². The smallest absolute Gasteiger partial charge is 0.317 e. The molecule has 6 nitrogen and oxygen atoms in total. The number of β-amino-alcohol motifs (C(OH)–C–C–N with tert-alkyl or cyclic N) is 1. The van der Waals surface area contributed by atoms with Crippen molar-refractivity contribution in [1.29, 1.82) is 0 Å². The first-order chi connectivity index (χ1) is 11.5. The molecule has 3 atom stereocenters. The lowest BCUT2D eigenvalue weighted by atomic mass is 10.2. The van der Waals surface area contributed by atoms with E-state index in [-0.39, 0.29) is 18.0 Å². The molecule has 2 N–H and O–H groups in total. The third kappa shape index (κ3) is 5.47. The van der Waals surface area contributed by atoms with Crippen LogP contribution in [-0.2, 0) is 11.3 Å². The van der Waals surface area contributed by atoms with E-state index in [4.69, 9.17) is 4.74 Å². The van der Waals surface area contributed by atoms with E-state index < -0.39 is 6.10 Å². The molecule has 0 bridgehead atoms. The fourth-order valence-electron chi connectivity index (χ4n) is 2.83. The molecule has 1 saturated heterocycles. The minimum absolute atomic E-state index is 0.00220. The van der Waals surface area contributed by atoms with Crippen molar-refractivity contribution in [3.63, 3.8) is 0 Å². The van der Waals surface area contributed by atoms with Crippen molar-refractivity contribution in [3.8, 4) is 0 Å². The molecule has 0 unspecified atom stereocenters. The van der Waals surface area contributed by atoms with Gasteiger partial charge in [0.15, 0.2) is 0 Å². The molecule has 134 valence electrons. The number of amides is 2. The highest BCUT2D eigenvalue weighted by molar-refractivity contribution is 5.74. The summed E-state index contributed by atoms with van der Waals surface area (Å²) in [6.07, 6.45) is -0.489. The van der Waals surface area contributed by atoms with Crippen LogP contribution in [0.4, 0.5) is 4.79 Å². The summed E-state index contributed by atoms with van der Waals surface area (Å²) < 4.78 is 5.69. The van der Waals surface area contributed by atoms with Gasteiger partial charge in [0.25, 0.3) is 0 Å². The first-order valence-corrected chi connectivity index (χ1v) is 8.46. The topological polar surface area (TPSA) is 65.0 Å². The molecule has 0 spiro atoms. The van der Waals surface area contributed by atoms with E-state index in [1.54, 1.807) is 4.90 Å². The van der Waals surface area contributed by atoms with Crippen LogP contribution in [0.3, 0.4) is 0 Å². The van der Waals surface area contributed by atoms with E-state index in [1.165, 1.54) is 0 Å². The largest absolute Gasteiger partial charge is 0.390 e. The minimum Gasteiger partial charge on any atom is -0.390 e. The predicted octanol–water partition coefficient (Wildman–Crippen LogP) is 1.16. The van der Waals surface area contributed by atoms with Gasteiger partial charge in [-0.3, -0.25) is 0 Å². The highest BCUT2D eigenvalue weighted by atomic mass is 16.5. The number of likely N-dealkylation sites (tertiary alicyclic amines) is 1. The Bertz CT molecular complexity index is 509. The number of urea groups is 1. The lowest BCUT2D eigenvalue weighted by Gasteiger charge is -2.22. The Kier molecular flexibility index (Phi) is 7.02. The number of carbonyl (C=O) groups is 1. The van der Waals surface area contributed by atoms with Gasteiger partial charge in [0.1, 0.15) is 0 Å². The summed E-state index contributed by atoms with van der Waals surface area (Å²) in [5, 5.41) is 12.9. The summed E-state index contributed by atoms with van der Waals surface area (Å²) in [6.45, 7) is 4.73. The second kappa shape index (κ2) is 9.01. The predicted molar refractivity (Wildman–Crippen MR) is 93.7 cm³/mol. The summed E-state index contributed by atoms with van der Waals surface area (Å²) in [4.78, 5) is 15.8. The maximum atomic E-state index is 12.2. The molecule has 0 aliphatic carbocycles. The lowest BCUT2D eigenvalue weighted by molar-refractivity contribution is 0.0917. The molecule has 1 aromatic rings. The molecule has 0 radical (unpaired) electrons. The molecule has 1 aromatic carbocycles. The molecule has 24 heavy (non-hydrogen) atoms. The zero-order valence-corrected chi connectivity index (χ0v) is 14.8. The molecule has 2 rings (SSSR count). The summed E-state index contributed by atoms with van der Waals surface area (Å²) >= 11 is 0. The van der Waals surface area contributed by atoms with Crippen molar-refractivity contribution in [2.24, 2.45) is 5.92 Å². The molecule has 1 fully saturated rings. The average molecular weight is 335 g/mol. The van der Waals surface area contributed by atoms with E-state index in [9.17, 15) is 9.90 Å². The van der Waals surface area contributed by atoms with Crippen molar-refractivity contribution in [1.82, 2.24) is 15.1 Å². The average Bonchev–Trinajstić information content (AvgIpc) is 2.96. The van der Waals surface area contributed by atoms with Gasteiger partial charge in [-0.1, -0.05) is 37.3 Å². The van der Waals surface area contributed by atoms with Crippen LogP contribution in [0.2, 0.25) is 0 Å². The fraction of sp³-hybridized carbons (Fsp3) is 0.611. The Morgan fingerprint density at radius 1 is 1.38 bits per heavy atom. The van der Waals surface area contributed by atoms with E-state index in [1.807, 2.05) is 56.3 Å². The molecule has 1 aliphatic rings. The van der Waals surface area contributed by atoms with Gasteiger partial charge in [-0.25, -0.2) is 4.79 Å². The van der Waals surface area contributed by atoms with Gasteiger partial charge < -0.3 is 25.0 Å². The molecule has 0 aromatic heterocycles. The Morgan fingerprint density at radius 3 is 2.71 bits per heavy atom. The number of aliphatic hydroxyl groups is 1. The monoisotopic (exact) mass is 335 g/mol. The number of nitrogens with zero attached hydrogens (tertiary/aromatic N) is 2. The van der Waals surface area contributed by atoms with E-state index >= 15 is 0 Å². The molecule has 1 aliphatic heterocycles. The van der Waals surface area contributed by atoms with Crippen LogP contribution in [0.1, 0.15) is 12.5 Å². The van der Waals surface area contributed by atoms with Crippen LogP contribution in [0.15, 0.2) is 30.3 Å². The van der Waals surface area contributed by atoms with E-state index in [0.29, 0.717) is 32.8 Å². The zero-order chi connectivity index (χ0) is 17.5. The Hall–Kier alpha value is -1.63. The Balaban J connectivity index is 1.64. The van der Waals surface area contributed by atoms with Crippen LogP contribution in [0.25, 0.3) is 0 Å². The first kappa shape index (κ1) is 18.7. The van der Waals surface area contributed by atoms with Crippen LogP contribution in [0.5, 0.6) is 0 Å². The number of nitrogens with one attached hydrogen (secondary N) is 1. The third-order valence-electron chi connectivity index (χ3n) is 4.33. The molecule has 6 heteroatoms. The van der Waals surface area contributed by atoms with Gasteiger partial charge in [-0.2, -0.15) is 0 Å². The highest BCUT2D eigenvalue weighted by Gasteiger charge is 2.35. The fourth-order valence-corrected chi connectivity index (χ4v) is 2.83. The Morgan fingerprint density at radius 2 is 2.08 bits per heavy atom. The van der Waals surface area contributed by atoms with Gasteiger partial charge in [0.05, 0.1) is 25.4 Å². The second-order valence-corrected chi connectivity index (χ2v) is 6.80. The number of benzene rings is 1. The van der Waals surface area contributed by atoms with Crippen molar-refractivity contribution in [3.05, 3.63) is 35.9 Å². The summed E-state index contributed by atoms with van der Waals surface area (Å²) in [5.74, 6) is 0.231. The van der Waals surface area contributed by atoms with Crippen LogP contribution < -0.4 is 5.32 Å². The van der Waals surface area contributed by atoms with E-state index in [2.05, 4.69) is 5.32 Å². The number of ether oxygens (including phenoxy) is 1. The summed E-state index contributed by atoms with van der Waals surface area (Å²) in [5.41, 5.74) is 1.15.